The van der Waals surface area contributed by atoms with Crippen molar-refractivity contribution in [2.24, 2.45) is 0 Å². The average molecular weight is 331 g/mol. The molecule has 0 saturated heterocycles. The van der Waals surface area contributed by atoms with E-state index in [0.717, 1.165) is 11.6 Å². The van der Waals surface area contributed by atoms with Crippen LogP contribution in [0.5, 0.6) is 0 Å². The first-order valence-corrected chi connectivity index (χ1v) is 7.35. The van der Waals surface area contributed by atoms with Gasteiger partial charge in [-0.25, -0.2) is 0 Å². The van der Waals surface area contributed by atoms with Crippen molar-refractivity contribution in [3.05, 3.63) is 64.2 Å². The summed E-state index contributed by atoms with van der Waals surface area (Å²) in [5.74, 6) is 1.96. The fraction of sp³-hybridized carbons (Fsp3) is 0.211. The van der Waals surface area contributed by atoms with Gasteiger partial charge in [-0.1, -0.05) is 25.0 Å². The van der Waals surface area contributed by atoms with Gasteiger partial charge in [-0.15, -0.1) is 6.42 Å². The molecule has 0 aliphatic rings. The molecule has 2 rings (SSSR count). The molecule has 2 nitrogen and oxygen atoms in total. The van der Waals surface area contributed by atoms with Crippen molar-refractivity contribution in [3.8, 4) is 12.3 Å². The Bertz CT molecular complexity index is 816. The van der Waals surface area contributed by atoms with Gasteiger partial charge < -0.3 is 5.32 Å². The third-order valence-corrected chi connectivity index (χ3v) is 3.71. The summed E-state index contributed by atoms with van der Waals surface area (Å²) in [6.07, 6.45) is 1.16. The number of halogens is 3. The molecule has 0 atom stereocenters. The summed E-state index contributed by atoms with van der Waals surface area (Å²) in [5, 5.41) is 2.49. The van der Waals surface area contributed by atoms with Crippen molar-refractivity contribution in [3.63, 3.8) is 0 Å². The van der Waals surface area contributed by atoms with Crippen LogP contribution < -0.4 is 5.32 Å². The predicted molar refractivity (Wildman–Crippen MR) is 87.9 cm³/mol. The first-order valence-electron chi connectivity index (χ1n) is 7.35. The second kappa shape index (κ2) is 6.79. The number of rotatable bonds is 3. The molecule has 0 aliphatic carbocycles. The number of nitrogens with one attached hydrogen (secondary N) is 1. The zero-order chi connectivity index (χ0) is 17.9. The second-order valence-corrected chi connectivity index (χ2v) is 5.35. The van der Waals surface area contributed by atoms with Gasteiger partial charge in [0, 0.05) is 16.8 Å². The highest BCUT2D eigenvalue weighted by Gasteiger charge is 2.33. The van der Waals surface area contributed by atoms with Crippen LogP contribution in [-0.4, -0.2) is 5.91 Å². The maximum atomic E-state index is 13.1. The standard InChI is InChI=1S/C19H16F3NO/c1-4-13-8-9-16(11-17(13)19(20,21)22)23-18(24)15-7-6-12(3)14(5-2)10-15/h2,6-11H,4H2,1,3H3,(H,23,24). The van der Waals surface area contributed by atoms with Gasteiger partial charge in [0.15, 0.2) is 0 Å². The largest absolute Gasteiger partial charge is 0.416 e. The van der Waals surface area contributed by atoms with E-state index in [1.165, 1.54) is 18.2 Å². The molecule has 24 heavy (non-hydrogen) atoms. The van der Waals surface area contributed by atoms with Crippen molar-refractivity contribution < 1.29 is 18.0 Å². The maximum Gasteiger partial charge on any atom is 0.416 e. The Morgan fingerprint density at radius 2 is 1.92 bits per heavy atom. The van der Waals surface area contributed by atoms with Crippen LogP contribution in [0.25, 0.3) is 0 Å². The lowest BCUT2D eigenvalue weighted by Crippen LogP contribution is -2.14. The molecule has 0 heterocycles. The monoisotopic (exact) mass is 331 g/mol. The van der Waals surface area contributed by atoms with Gasteiger partial charge in [0.05, 0.1) is 5.56 Å². The number of terminal acetylenes is 1. The number of carbonyl (C=O) groups is 1. The zero-order valence-corrected chi connectivity index (χ0v) is 13.3. The smallest absolute Gasteiger partial charge is 0.322 e. The second-order valence-electron chi connectivity index (χ2n) is 5.35. The topological polar surface area (TPSA) is 29.1 Å². The minimum Gasteiger partial charge on any atom is -0.322 e. The van der Waals surface area contributed by atoms with Crippen LogP contribution in [0.15, 0.2) is 36.4 Å². The number of aryl methyl sites for hydroxylation is 2. The Kier molecular flexibility index (Phi) is 4.99. The third kappa shape index (κ3) is 3.77. The molecule has 1 N–H and O–H groups in total. The normalized spacial score (nSPS) is 11.0. The van der Waals surface area contributed by atoms with Crippen LogP contribution in [0.1, 0.15) is 39.5 Å². The molecule has 0 unspecified atom stereocenters. The molecule has 0 bridgehead atoms. The summed E-state index contributed by atoms with van der Waals surface area (Å²) < 4.78 is 39.3. The summed E-state index contributed by atoms with van der Waals surface area (Å²) >= 11 is 0. The molecule has 0 radical (unpaired) electrons. The van der Waals surface area contributed by atoms with Crippen LogP contribution in [0, 0.1) is 19.3 Å². The highest BCUT2D eigenvalue weighted by molar-refractivity contribution is 6.04. The molecule has 0 aliphatic heterocycles. The fourth-order valence-corrected chi connectivity index (χ4v) is 2.35. The van der Waals surface area contributed by atoms with E-state index < -0.39 is 17.6 Å². The summed E-state index contributed by atoms with van der Waals surface area (Å²) in [6.45, 7) is 3.46. The highest BCUT2D eigenvalue weighted by atomic mass is 19.4. The van der Waals surface area contributed by atoms with Gasteiger partial charge in [-0.2, -0.15) is 13.2 Å². The quantitative estimate of drug-likeness (QED) is 0.804. The van der Waals surface area contributed by atoms with Crippen molar-refractivity contribution in [1.29, 1.82) is 0 Å². The van der Waals surface area contributed by atoms with Crippen LogP contribution in [0.2, 0.25) is 0 Å². The number of carbonyl (C=O) groups excluding carboxylic acids is 1. The van der Waals surface area contributed by atoms with Crippen LogP contribution in [0.4, 0.5) is 18.9 Å². The highest BCUT2D eigenvalue weighted by Crippen LogP contribution is 2.34. The van der Waals surface area contributed by atoms with E-state index in [-0.39, 0.29) is 17.7 Å². The molecule has 0 fully saturated rings. The summed E-state index contributed by atoms with van der Waals surface area (Å²) in [4.78, 5) is 12.2. The van der Waals surface area contributed by atoms with E-state index >= 15 is 0 Å². The zero-order valence-electron chi connectivity index (χ0n) is 13.3. The molecular formula is C19H16F3NO. The Balaban J connectivity index is 2.31. The van der Waals surface area contributed by atoms with E-state index in [2.05, 4.69) is 11.2 Å². The van der Waals surface area contributed by atoms with E-state index in [1.807, 2.05) is 6.92 Å². The number of benzene rings is 2. The van der Waals surface area contributed by atoms with Gasteiger partial charge in [-0.05, 0) is 48.7 Å². The predicted octanol–water partition coefficient (Wildman–Crippen LogP) is 4.81. The lowest BCUT2D eigenvalue weighted by atomic mass is 10.0. The molecule has 0 saturated carbocycles. The van der Waals surface area contributed by atoms with Crippen molar-refractivity contribution in [2.45, 2.75) is 26.4 Å². The number of anilines is 1. The fourth-order valence-electron chi connectivity index (χ4n) is 2.35. The summed E-state index contributed by atoms with van der Waals surface area (Å²) in [6, 6.07) is 8.60. The van der Waals surface area contributed by atoms with Gasteiger partial charge in [0.25, 0.3) is 5.91 Å². The minimum absolute atomic E-state index is 0.0901. The van der Waals surface area contributed by atoms with Gasteiger partial charge in [0.2, 0.25) is 0 Å². The van der Waals surface area contributed by atoms with Crippen molar-refractivity contribution >= 4 is 11.6 Å². The Labute approximate surface area is 138 Å². The van der Waals surface area contributed by atoms with Gasteiger partial charge in [-0.3, -0.25) is 4.79 Å². The SMILES string of the molecule is C#Cc1cc(C(=O)Nc2ccc(CC)c(C(F)(F)F)c2)ccc1C. The molecule has 2 aromatic rings. The molecule has 5 heteroatoms. The molecule has 1 amide bonds. The molecule has 124 valence electrons. The maximum absolute atomic E-state index is 13.1. The first-order chi connectivity index (χ1) is 11.3. The molecule has 2 aromatic carbocycles. The first kappa shape index (κ1) is 17.6. The lowest BCUT2D eigenvalue weighted by molar-refractivity contribution is -0.138. The Morgan fingerprint density at radius 1 is 1.21 bits per heavy atom. The lowest BCUT2D eigenvalue weighted by Gasteiger charge is -2.14. The van der Waals surface area contributed by atoms with E-state index in [9.17, 15) is 18.0 Å². The van der Waals surface area contributed by atoms with E-state index in [4.69, 9.17) is 6.42 Å². The van der Waals surface area contributed by atoms with E-state index in [0.29, 0.717) is 11.1 Å². The summed E-state index contributed by atoms with van der Waals surface area (Å²) in [7, 11) is 0. The minimum atomic E-state index is -4.47. The Morgan fingerprint density at radius 3 is 2.50 bits per heavy atom. The number of alkyl halides is 3. The van der Waals surface area contributed by atoms with Gasteiger partial charge >= 0.3 is 6.18 Å². The molecule has 0 spiro atoms. The summed E-state index contributed by atoms with van der Waals surface area (Å²) in [5.41, 5.74) is 1.25. The van der Waals surface area contributed by atoms with Gasteiger partial charge in [0.1, 0.15) is 0 Å². The molecular weight excluding hydrogens is 315 g/mol. The van der Waals surface area contributed by atoms with Crippen LogP contribution >= 0.6 is 0 Å². The van der Waals surface area contributed by atoms with Crippen LogP contribution in [0.3, 0.4) is 0 Å². The van der Waals surface area contributed by atoms with Crippen LogP contribution in [-0.2, 0) is 12.6 Å². The number of hydrogen-bond acceptors (Lipinski definition) is 1. The number of hydrogen-bond donors (Lipinski definition) is 1. The molecule has 0 aromatic heterocycles. The number of amides is 1. The van der Waals surface area contributed by atoms with Crippen molar-refractivity contribution in [2.75, 3.05) is 5.32 Å². The third-order valence-electron chi connectivity index (χ3n) is 3.71. The van der Waals surface area contributed by atoms with Crippen molar-refractivity contribution in [1.82, 2.24) is 0 Å². The Hall–Kier alpha value is -2.74. The average Bonchev–Trinajstić information content (AvgIpc) is 2.54. The van der Waals surface area contributed by atoms with E-state index in [1.54, 1.807) is 19.1 Å².